The van der Waals surface area contributed by atoms with Gasteiger partial charge in [-0.15, -0.1) is 0 Å². The topological polar surface area (TPSA) is 29.1 Å². The highest BCUT2D eigenvalue weighted by atomic mass is 16.2. The molecule has 19 heavy (non-hydrogen) atoms. The highest BCUT2D eigenvalue weighted by molar-refractivity contribution is 5.94. The molecule has 2 nitrogen and oxygen atoms in total. The summed E-state index contributed by atoms with van der Waals surface area (Å²) in [5.74, 6) is 0.109. The van der Waals surface area contributed by atoms with Crippen LogP contribution in [-0.4, -0.2) is 11.9 Å². The molecule has 2 aromatic rings. The second kappa shape index (κ2) is 4.54. The Hall–Kier alpha value is -2.09. The van der Waals surface area contributed by atoms with Gasteiger partial charge in [-0.1, -0.05) is 60.7 Å². The SMILES string of the molecule is C[C@@H]1CC(c2ccccc2)(c2ccccc2)C(=O)N1. The zero-order chi connectivity index (χ0) is 13.3. The van der Waals surface area contributed by atoms with Crippen molar-refractivity contribution in [3.8, 4) is 0 Å². The Bertz CT molecular complexity index is 537. The van der Waals surface area contributed by atoms with Gasteiger partial charge < -0.3 is 5.32 Å². The van der Waals surface area contributed by atoms with Crippen molar-refractivity contribution in [2.45, 2.75) is 24.8 Å². The van der Waals surface area contributed by atoms with Gasteiger partial charge in [0.2, 0.25) is 5.91 Å². The van der Waals surface area contributed by atoms with Crippen molar-refractivity contribution in [2.24, 2.45) is 0 Å². The second-order valence-electron chi connectivity index (χ2n) is 5.22. The zero-order valence-corrected chi connectivity index (χ0v) is 11.0. The van der Waals surface area contributed by atoms with Crippen LogP contribution < -0.4 is 5.32 Å². The molecule has 1 atom stereocenters. The van der Waals surface area contributed by atoms with Gasteiger partial charge in [-0.3, -0.25) is 4.79 Å². The summed E-state index contributed by atoms with van der Waals surface area (Å²) in [7, 11) is 0. The zero-order valence-electron chi connectivity index (χ0n) is 11.0. The molecular weight excluding hydrogens is 234 g/mol. The van der Waals surface area contributed by atoms with Crippen molar-refractivity contribution in [1.29, 1.82) is 0 Å². The number of amides is 1. The molecule has 0 radical (unpaired) electrons. The van der Waals surface area contributed by atoms with Crippen LogP contribution in [0.3, 0.4) is 0 Å². The maximum Gasteiger partial charge on any atom is 0.235 e. The maximum absolute atomic E-state index is 12.6. The molecule has 2 aromatic carbocycles. The third-order valence-electron chi connectivity index (χ3n) is 3.91. The summed E-state index contributed by atoms with van der Waals surface area (Å²) in [6.07, 6.45) is 0.805. The molecule has 1 amide bonds. The Morgan fingerprint density at radius 3 is 1.79 bits per heavy atom. The Kier molecular flexibility index (Phi) is 2.86. The van der Waals surface area contributed by atoms with Crippen LogP contribution in [0.25, 0.3) is 0 Å². The van der Waals surface area contributed by atoms with Crippen LogP contribution in [0, 0.1) is 0 Å². The van der Waals surface area contributed by atoms with E-state index in [0.717, 1.165) is 17.5 Å². The first-order valence-electron chi connectivity index (χ1n) is 6.65. The lowest BCUT2D eigenvalue weighted by Gasteiger charge is -2.27. The molecule has 0 unspecified atom stereocenters. The van der Waals surface area contributed by atoms with Gasteiger partial charge in [0.25, 0.3) is 0 Å². The first-order valence-corrected chi connectivity index (χ1v) is 6.65. The smallest absolute Gasteiger partial charge is 0.235 e. The monoisotopic (exact) mass is 251 g/mol. The molecule has 0 saturated carbocycles. The fraction of sp³-hybridized carbons (Fsp3) is 0.235. The number of carbonyl (C=O) groups is 1. The number of benzene rings is 2. The number of hydrogen-bond acceptors (Lipinski definition) is 1. The lowest BCUT2D eigenvalue weighted by atomic mass is 9.72. The summed E-state index contributed by atoms with van der Waals surface area (Å²) in [4.78, 5) is 12.6. The minimum Gasteiger partial charge on any atom is -0.353 e. The predicted octanol–water partition coefficient (Wildman–Crippen LogP) is 2.88. The fourth-order valence-corrected chi connectivity index (χ4v) is 3.06. The maximum atomic E-state index is 12.6. The fourth-order valence-electron chi connectivity index (χ4n) is 3.06. The third-order valence-corrected chi connectivity index (χ3v) is 3.91. The third kappa shape index (κ3) is 1.84. The van der Waals surface area contributed by atoms with Gasteiger partial charge in [-0.05, 0) is 24.5 Å². The number of rotatable bonds is 2. The van der Waals surface area contributed by atoms with E-state index in [2.05, 4.69) is 12.2 Å². The lowest BCUT2D eigenvalue weighted by molar-refractivity contribution is -0.122. The van der Waals surface area contributed by atoms with Crippen molar-refractivity contribution in [2.75, 3.05) is 0 Å². The van der Waals surface area contributed by atoms with Gasteiger partial charge in [0.1, 0.15) is 5.41 Å². The van der Waals surface area contributed by atoms with Gasteiger partial charge in [0.15, 0.2) is 0 Å². The number of carbonyl (C=O) groups excluding carboxylic acids is 1. The minimum atomic E-state index is -0.540. The Labute approximate surface area is 113 Å². The second-order valence-corrected chi connectivity index (χ2v) is 5.22. The quantitative estimate of drug-likeness (QED) is 0.873. The molecule has 1 aliphatic rings. The summed E-state index contributed by atoms with van der Waals surface area (Å²) >= 11 is 0. The molecule has 0 aromatic heterocycles. The van der Waals surface area contributed by atoms with Crippen molar-refractivity contribution in [3.05, 3.63) is 71.8 Å². The Morgan fingerprint density at radius 1 is 0.947 bits per heavy atom. The molecule has 0 bridgehead atoms. The average molecular weight is 251 g/mol. The average Bonchev–Trinajstić information content (AvgIpc) is 2.76. The molecule has 0 spiro atoms. The van der Waals surface area contributed by atoms with E-state index in [1.807, 2.05) is 60.7 Å². The number of hydrogen-bond donors (Lipinski definition) is 1. The van der Waals surface area contributed by atoms with Gasteiger partial charge in [0.05, 0.1) is 0 Å². The van der Waals surface area contributed by atoms with Crippen LogP contribution in [0.4, 0.5) is 0 Å². The Balaban J connectivity index is 2.20. The van der Waals surface area contributed by atoms with Crippen molar-refractivity contribution >= 4 is 5.91 Å². The Morgan fingerprint density at radius 2 is 1.42 bits per heavy atom. The van der Waals surface area contributed by atoms with Crippen LogP contribution in [0.1, 0.15) is 24.5 Å². The van der Waals surface area contributed by atoms with E-state index in [0.29, 0.717) is 0 Å². The van der Waals surface area contributed by atoms with E-state index in [4.69, 9.17) is 0 Å². The van der Waals surface area contributed by atoms with Gasteiger partial charge in [-0.25, -0.2) is 0 Å². The summed E-state index contributed by atoms with van der Waals surface area (Å²) in [5, 5.41) is 3.07. The molecule has 2 heteroatoms. The molecule has 1 N–H and O–H groups in total. The van der Waals surface area contributed by atoms with Gasteiger partial charge in [0, 0.05) is 6.04 Å². The molecule has 1 heterocycles. The highest BCUT2D eigenvalue weighted by Gasteiger charge is 2.47. The van der Waals surface area contributed by atoms with Gasteiger partial charge in [-0.2, -0.15) is 0 Å². The largest absolute Gasteiger partial charge is 0.353 e. The van der Waals surface area contributed by atoms with E-state index >= 15 is 0 Å². The van der Waals surface area contributed by atoms with Crippen molar-refractivity contribution in [3.63, 3.8) is 0 Å². The molecule has 96 valence electrons. The predicted molar refractivity (Wildman–Crippen MR) is 75.9 cm³/mol. The van der Waals surface area contributed by atoms with Crippen LogP contribution in [0.5, 0.6) is 0 Å². The first kappa shape index (κ1) is 12.0. The van der Waals surface area contributed by atoms with E-state index in [9.17, 15) is 4.79 Å². The van der Waals surface area contributed by atoms with Crippen LogP contribution >= 0.6 is 0 Å². The summed E-state index contributed by atoms with van der Waals surface area (Å²) in [6, 6.07) is 20.3. The molecule has 1 saturated heterocycles. The van der Waals surface area contributed by atoms with E-state index in [-0.39, 0.29) is 11.9 Å². The van der Waals surface area contributed by atoms with E-state index < -0.39 is 5.41 Å². The van der Waals surface area contributed by atoms with Crippen molar-refractivity contribution < 1.29 is 4.79 Å². The van der Waals surface area contributed by atoms with E-state index in [1.165, 1.54) is 0 Å². The molecule has 1 aliphatic heterocycles. The summed E-state index contributed by atoms with van der Waals surface area (Å²) in [5.41, 5.74) is 1.60. The minimum absolute atomic E-state index is 0.109. The molecule has 3 rings (SSSR count). The van der Waals surface area contributed by atoms with Crippen LogP contribution in [-0.2, 0) is 10.2 Å². The van der Waals surface area contributed by atoms with Crippen LogP contribution in [0.2, 0.25) is 0 Å². The lowest BCUT2D eigenvalue weighted by Crippen LogP contribution is -2.36. The summed E-state index contributed by atoms with van der Waals surface area (Å²) < 4.78 is 0. The molecule has 0 aliphatic carbocycles. The first-order chi connectivity index (χ1) is 9.23. The molecular formula is C17H17NO. The van der Waals surface area contributed by atoms with Crippen LogP contribution in [0.15, 0.2) is 60.7 Å². The van der Waals surface area contributed by atoms with Gasteiger partial charge >= 0.3 is 0 Å². The molecule has 1 fully saturated rings. The highest BCUT2D eigenvalue weighted by Crippen LogP contribution is 2.40. The standard InChI is InChI=1S/C17H17NO/c1-13-12-17(16(19)18-13,14-8-4-2-5-9-14)15-10-6-3-7-11-15/h2-11,13H,12H2,1H3,(H,18,19)/t13-/m1/s1. The van der Waals surface area contributed by atoms with Crippen molar-refractivity contribution in [1.82, 2.24) is 5.32 Å². The van der Waals surface area contributed by atoms with E-state index in [1.54, 1.807) is 0 Å². The summed E-state index contributed by atoms with van der Waals surface area (Å²) in [6.45, 7) is 2.06. The normalized spacial score (nSPS) is 21.1. The number of nitrogens with one attached hydrogen (secondary N) is 1.